The molecule has 25 heavy (non-hydrogen) atoms. The Morgan fingerprint density at radius 1 is 1.20 bits per heavy atom. The second-order valence-electron chi connectivity index (χ2n) is 6.82. The van der Waals surface area contributed by atoms with Crippen LogP contribution in [0.3, 0.4) is 0 Å². The predicted molar refractivity (Wildman–Crippen MR) is 92.9 cm³/mol. The van der Waals surface area contributed by atoms with Gasteiger partial charge in [0, 0.05) is 31.8 Å². The van der Waals surface area contributed by atoms with Crippen molar-refractivity contribution < 1.29 is 13.5 Å². The van der Waals surface area contributed by atoms with E-state index < -0.39 is 10.0 Å². The molecule has 136 valence electrons. The lowest BCUT2D eigenvalue weighted by Crippen LogP contribution is -2.57. The number of hydrogen-bond donors (Lipinski definition) is 3. The van der Waals surface area contributed by atoms with Crippen molar-refractivity contribution in [2.75, 3.05) is 26.2 Å². The monoisotopic (exact) mass is 366 g/mol. The minimum Gasteiger partial charge on any atom is -0.396 e. The van der Waals surface area contributed by atoms with Crippen molar-refractivity contribution in [2.24, 2.45) is 0 Å². The number of aliphatic hydroxyl groups excluding tert-OH is 1. The number of benzene rings is 1. The molecular formula is C16H22N4O4S. The Kier molecular flexibility index (Phi) is 4.19. The van der Waals surface area contributed by atoms with Crippen molar-refractivity contribution in [3.63, 3.8) is 0 Å². The number of piperazine rings is 1. The molecule has 4 rings (SSSR count). The van der Waals surface area contributed by atoms with Gasteiger partial charge in [0.15, 0.2) is 0 Å². The molecule has 0 bridgehead atoms. The van der Waals surface area contributed by atoms with Crippen LogP contribution in [0.4, 0.5) is 0 Å². The first-order valence-electron chi connectivity index (χ1n) is 8.58. The lowest BCUT2D eigenvalue weighted by Gasteiger charge is -2.42. The SMILES string of the molecule is O=c1[nH]c2ccc(S(=O)(=O)N3C[C@@H]4CCCN4C[C@@H]3CCO)cc2[nH]1. The molecule has 0 unspecified atom stereocenters. The number of H-pyrrole nitrogens is 2. The van der Waals surface area contributed by atoms with Gasteiger partial charge in [0.05, 0.1) is 15.9 Å². The van der Waals surface area contributed by atoms with Gasteiger partial charge in [-0.3, -0.25) is 4.90 Å². The van der Waals surface area contributed by atoms with E-state index in [1.54, 1.807) is 10.4 Å². The van der Waals surface area contributed by atoms with Crippen molar-refractivity contribution in [1.82, 2.24) is 19.2 Å². The molecule has 0 radical (unpaired) electrons. The van der Waals surface area contributed by atoms with Crippen molar-refractivity contribution in [2.45, 2.75) is 36.2 Å². The van der Waals surface area contributed by atoms with Gasteiger partial charge in [0.25, 0.3) is 0 Å². The average Bonchev–Trinajstić information content (AvgIpc) is 3.17. The van der Waals surface area contributed by atoms with Crippen LogP contribution in [0.25, 0.3) is 11.0 Å². The highest BCUT2D eigenvalue weighted by Crippen LogP contribution is 2.30. The third kappa shape index (κ3) is 2.91. The number of hydrogen-bond acceptors (Lipinski definition) is 5. The third-order valence-electron chi connectivity index (χ3n) is 5.30. The second kappa shape index (κ2) is 6.24. The average molecular weight is 366 g/mol. The Hall–Kier alpha value is -1.68. The molecule has 2 aliphatic heterocycles. The van der Waals surface area contributed by atoms with E-state index in [1.165, 1.54) is 12.1 Å². The van der Waals surface area contributed by atoms with Crippen LogP contribution < -0.4 is 5.69 Å². The zero-order valence-electron chi connectivity index (χ0n) is 13.8. The molecule has 2 aliphatic rings. The van der Waals surface area contributed by atoms with E-state index in [-0.39, 0.29) is 29.3 Å². The molecular weight excluding hydrogens is 344 g/mol. The topological polar surface area (TPSA) is 110 Å². The summed E-state index contributed by atoms with van der Waals surface area (Å²) in [5, 5.41) is 9.37. The van der Waals surface area contributed by atoms with Crippen LogP contribution in [0.1, 0.15) is 19.3 Å². The molecule has 0 saturated carbocycles. The molecule has 0 spiro atoms. The molecule has 3 heterocycles. The summed E-state index contributed by atoms with van der Waals surface area (Å²) in [5.41, 5.74) is 0.697. The normalized spacial score (nSPS) is 25.5. The maximum atomic E-state index is 13.2. The summed E-state index contributed by atoms with van der Waals surface area (Å²) in [6, 6.07) is 4.65. The fraction of sp³-hybridized carbons (Fsp3) is 0.562. The van der Waals surface area contributed by atoms with Gasteiger partial charge in [-0.2, -0.15) is 4.31 Å². The molecule has 0 aliphatic carbocycles. The highest BCUT2D eigenvalue weighted by molar-refractivity contribution is 7.89. The van der Waals surface area contributed by atoms with Crippen LogP contribution in [0.2, 0.25) is 0 Å². The van der Waals surface area contributed by atoms with E-state index in [1.807, 2.05) is 0 Å². The summed E-state index contributed by atoms with van der Waals surface area (Å²) in [4.78, 5) is 19.1. The number of sulfonamides is 1. The van der Waals surface area contributed by atoms with Crippen molar-refractivity contribution in [1.29, 1.82) is 0 Å². The summed E-state index contributed by atoms with van der Waals surface area (Å²) in [5.74, 6) is 0. The minimum atomic E-state index is -3.69. The highest BCUT2D eigenvalue weighted by Gasteiger charge is 2.41. The number of aromatic nitrogens is 2. The Morgan fingerprint density at radius 3 is 2.80 bits per heavy atom. The number of fused-ring (bicyclic) bond motifs is 2. The Balaban J connectivity index is 1.71. The number of rotatable bonds is 4. The van der Waals surface area contributed by atoms with Crippen LogP contribution in [-0.2, 0) is 10.0 Å². The largest absolute Gasteiger partial charge is 0.396 e. The summed E-state index contributed by atoms with van der Waals surface area (Å²) in [6.07, 6.45) is 2.51. The Labute approximate surface area is 145 Å². The fourth-order valence-corrected chi connectivity index (χ4v) is 5.76. The van der Waals surface area contributed by atoms with Crippen molar-refractivity contribution in [3.8, 4) is 0 Å². The molecule has 1 aromatic heterocycles. The van der Waals surface area contributed by atoms with Gasteiger partial charge < -0.3 is 15.1 Å². The molecule has 2 fully saturated rings. The first-order valence-corrected chi connectivity index (χ1v) is 10.0. The smallest absolute Gasteiger partial charge is 0.323 e. The highest BCUT2D eigenvalue weighted by atomic mass is 32.2. The molecule has 0 amide bonds. The number of aliphatic hydroxyl groups is 1. The van der Waals surface area contributed by atoms with E-state index >= 15 is 0 Å². The first-order chi connectivity index (χ1) is 12.0. The molecule has 8 nitrogen and oxygen atoms in total. The minimum absolute atomic E-state index is 0.0423. The second-order valence-corrected chi connectivity index (χ2v) is 8.71. The molecule has 2 atom stereocenters. The lowest BCUT2D eigenvalue weighted by molar-refractivity contribution is 0.0924. The van der Waals surface area contributed by atoms with Crippen LogP contribution >= 0.6 is 0 Å². The zero-order chi connectivity index (χ0) is 17.6. The van der Waals surface area contributed by atoms with Gasteiger partial charge in [0.1, 0.15) is 0 Å². The quantitative estimate of drug-likeness (QED) is 0.710. The van der Waals surface area contributed by atoms with Gasteiger partial charge in [-0.1, -0.05) is 0 Å². The predicted octanol–water partition coefficient (Wildman–Crippen LogP) is 0.0759. The van der Waals surface area contributed by atoms with Gasteiger partial charge in [-0.05, 0) is 44.0 Å². The molecule has 3 N–H and O–H groups in total. The number of nitrogens with one attached hydrogen (secondary N) is 2. The van der Waals surface area contributed by atoms with Gasteiger partial charge in [-0.15, -0.1) is 0 Å². The van der Waals surface area contributed by atoms with Gasteiger partial charge >= 0.3 is 5.69 Å². The summed E-state index contributed by atoms with van der Waals surface area (Å²) >= 11 is 0. The van der Waals surface area contributed by atoms with E-state index in [9.17, 15) is 18.3 Å². The molecule has 9 heteroatoms. The summed E-state index contributed by atoms with van der Waals surface area (Å²) in [6.45, 7) is 2.07. The van der Waals surface area contributed by atoms with Crippen LogP contribution in [0.15, 0.2) is 27.9 Å². The van der Waals surface area contributed by atoms with E-state index in [0.717, 1.165) is 19.4 Å². The maximum absolute atomic E-state index is 13.2. The van der Waals surface area contributed by atoms with Crippen LogP contribution in [0, 0.1) is 0 Å². The fourth-order valence-electron chi connectivity index (χ4n) is 4.05. The first kappa shape index (κ1) is 16.8. The summed E-state index contributed by atoms with van der Waals surface area (Å²) in [7, 11) is -3.69. The third-order valence-corrected chi connectivity index (χ3v) is 7.21. The molecule has 2 saturated heterocycles. The van der Waals surface area contributed by atoms with Crippen LogP contribution in [0.5, 0.6) is 0 Å². The molecule has 1 aromatic carbocycles. The van der Waals surface area contributed by atoms with E-state index in [0.29, 0.717) is 30.5 Å². The van der Waals surface area contributed by atoms with E-state index in [4.69, 9.17) is 0 Å². The summed E-state index contributed by atoms with van der Waals surface area (Å²) < 4.78 is 28.0. The van der Waals surface area contributed by atoms with E-state index in [2.05, 4.69) is 14.9 Å². The maximum Gasteiger partial charge on any atom is 0.323 e. The van der Waals surface area contributed by atoms with Crippen molar-refractivity contribution >= 4 is 21.1 Å². The zero-order valence-corrected chi connectivity index (χ0v) is 14.6. The number of nitrogens with zero attached hydrogens (tertiary/aromatic N) is 2. The van der Waals surface area contributed by atoms with Gasteiger partial charge in [-0.25, -0.2) is 13.2 Å². The van der Waals surface area contributed by atoms with Crippen LogP contribution in [-0.4, -0.2) is 71.0 Å². The lowest BCUT2D eigenvalue weighted by atomic mass is 10.1. The standard InChI is InChI=1S/C16H22N4O4S/c21-7-5-12-9-19-6-1-2-11(19)10-20(12)25(23,24)13-3-4-14-15(8-13)18-16(22)17-14/h3-4,8,11-12,21H,1-2,5-7,9-10H2,(H2,17,18,22)/t11-,12-/m0/s1. The van der Waals surface area contributed by atoms with Crippen molar-refractivity contribution in [3.05, 3.63) is 28.7 Å². The van der Waals surface area contributed by atoms with Gasteiger partial charge in [0.2, 0.25) is 10.0 Å². The Bertz CT molecular complexity index is 935. The number of imidazole rings is 1. The molecule has 2 aromatic rings. The number of aromatic amines is 2. The Morgan fingerprint density at radius 2 is 2.00 bits per heavy atom.